The number of nitrogens with zero attached hydrogens (tertiary/aromatic N) is 2. The molecule has 0 atom stereocenters. The Bertz CT molecular complexity index is 670. The predicted octanol–water partition coefficient (Wildman–Crippen LogP) is 4.27. The molecule has 0 aliphatic heterocycles. The Morgan fingerprint density at radius 2 is 1.86 bits per heavy atom. The van der Waals surface area contributed by atoms with Gasteiger partial charge in [-0.1, -0.05) is 31.5 Å². The summed E-state index contributed by atoms with van der Waals surface area (Å²) in [6.45, 7) is 9.14. The zero-order valence-corrected chi connectivity index (χ0v) is 14.3. The van der Waals surface area contributed by atoms with Crippen molar-refractivity contribution in [3.63, 3.8) is 0 Å². The number of hydrogen-bond donors (Lipinski definition) is 0. The molecule has 1 aromatic heterocycles. The van der Waals surface area contributed by atoms with Crippen LogP contribution in [0.2, 0.25) is 0 Å². The van der Waals surface area contributed by atoms with E-state index in [1.54, 1.807) is 0 Å². The van der Waals surface area contributed by atoms with E-state index in [1.165, 1.54) is 5.56 Å². The molecule has 0 bridgehead atoms. The zero-order valence-electron chi connectivity index (χ0n) is 14.3. The molecule has 0 saturated heterocycles. The molecule has 0 saturated carbocycles. The second kappa shape index (κ2) is 6.82. The van der Waals surface area contributed by atoms with E-state index in [2.05, 4.69) is 37.5 Å². The number of unbranched alkanes of at least 4 members (excludes halogenated alkanes) is 1. The summed E-state index contributed by atoms with van der Waals surface area (Å²) in [6, 6.07) is 10.3. The lowest BCUT2D eigenvalue weighted by molar-refractivity contribution is 0.0792. The molecule has 0 fully saturated rings. The van der Waals surface area contributed by atoms with Gasteiger partial charge in [0.15, 0.2) is 0 Å². The number of carbonyl (C=O) groups excluding carboxylic acids is 1. The Balaban J connectivity index is 2.40. The quantitative estimate of drug-likeness (QED) is 0.809. The highest BCUT2D eigenvalue weighted by atomic mass is 16.2. The van der Waals surface area contributed by atoms with E-state index in [0.717, 1.165) is 42.0 Å². The minimum absolute atomic E-state index is 0.112. The number of aromatic nitrogens is 1. The molecule has 2 rings (SSSR count). The number of hydrogen-bond acceptors (Lipinski definition) is 1. The molecule has 0 unspecified atom stereocenters. The maximum atomic E-state index is 12.7. The SMILES string of the molecule is CCCCN(C)C(=O)c1cc(C)n(-c2ccccc2C)c1C. The molecule has 22 heavy (non-hydrogen) atoms. The number of para-hydroxylation sites is 1. The van der Waals surface area contributed by atoms with E-state index < -0.39 is 0 Å². The number of amides is 1. The molecule has 118 valence electrons. The highest BCUT2D eigenvalue weighted by Gasteiger charge is 2.19. The van der Waals surface area contributed by atoms with Crippen molar-refractivity contribution in [1.29, 1.82) is 0 Å². The minimum atomic E-state index is 0.112. The van der Waals surface area contributed by atoms with Crippen LogP contribution >= 0.6 is 0 Å². The van der Waals surface area contributed by atoms with Crippen molar-refractivity contribution < 1.29 is 4.79 Å². The first-order chi connectivity index (χ1) is 10.5. The molecule has 1 aromatic carbocycles. The fourth-order valence-corrected chi connectivity index (χ4v) is 2.87. The van der Waals surface area contributed by atoms with Crippen LogP contribution in [0.3, 0.4) is 0 Å². The van der Waals surface area contributed by atoms with Gasteiger partial charge in [-0.2, -0.15) is 0 Å². The highest BCUT2D eigenvalue weighted by molar-refractivity contribution is 5.95. The van der Waals surface area contributed by atoms with Crippen LogP contribution in [-0.4, -0.2) is 29.0 Å². The Morgan fingerprint density at radius 1 is 1.18 bits per heavy atom. The third-order valence-electron chi connectivity index (χ3n) is 4.21. The normalized spacial score (nSPS) is 10.8. The van der Waals surface area contributed by atoms with Crippen molar-refractivity contribution in [3.8, 4) is 5.69 Å². The summed E-state index contributed by atoms with van der Waals surface area (Å²) in [5.41, 5.74) is 5.27. The van der Waals surface area contributed by atoms with E-state index in [-0.39, 0.29) is 5.91 Å². The number of carbonyl (C=O) groups is 1. The van der Waals surface area contributed by atoms with Gasteiger partial charge in [0.05, 0.1) is 5.56 Å². The van der Waals surface area contributed by atoms with E-state index in [1.807, 2.05) is 37.1 Å². The van der Waals surface area contributed by atoms with Crippen LogP contribution in [0.1, 0.15) is 47.1 Å². The monoisotopic (exact) mass is 298 g/mol. The van der Waals surface area contributed by atoms with Gasteiger partial charge >= 0.3 is 0 Å². The summed E-state index contributed by atoms with van der Waals surface area (Å²) >= 11 is 0. The van der Waals surface area contributed by atoms with Crippen molar-refractivity contribution in [3.05, 3.63) is 52.8 Å². The van der Waals surface area contributed by atoms with Gasteiger partial charge in [0, 0.05) is 30.7 Å². The van der Waals surface area contributed by atoms with Crippen molar-refractivity contribution >= 4 is 5.91 Å². The molecule has 0 N–H and O–H groups in total. The average Bonchev–Trinajstić information content (AvgIpc) is 2.79. The second-order valence-corrected chi connectivity index (χ2v) is 5.99. The van der Waals surface area contributed by atoms with E-state index in [0.29, 0.717) is 0 Å². The van der Waals surface area contributed by atoms with Crippen LogP contribution in [0, 0.1) is 20.8 Å². The lowest BCUT2D eigenvalue weighted by atomic mass is 10.2. The van der Waals surface area contributed by atoms with Crippen molar-refractivity contribution in [2.45, 2.75) is 40.5 Å². The smallest absolute Gasteiger partial charge is 0.255 e. The summed E-state index contributed by atoms with van der Waals surface area (Å²) in [4.78, 5) is 14.5. The standard InChI is InChI=1S/C19H26N2O/c1-6-7-12-20(5)19(22)17-13-15(3)21(16(17)4)18-11-9-8-10-14(18)2/h8-11,13H,6-7,12H2,1-5H3. The van der Waals surface area contributed by atoms with Gasteiger partial charge in [-0.25, -0.2) is 0 Å². The zero-order chi connectivity index (χ0) is 16.3. The predicted molar refractivity (Wildman–Crippen MR) is 91.8 cm³/mol. The summed E-state index contributed by atoms with van der Waals surface area (Å²) in [7, 11) is 1.89. The number of aryl methyl sites for hydroxylation is 2. The average molecular weight is 298 g/mol. The molecule has 3 nitrogen and oxygen atoms in total. The molecule has 3 heteroatoms. The van der Waals surface area contributed by atoms with Crippen LogP contribution in [0.15, 0.2) is 30.3 Å². The molecule has 0 aliphatic carbocycles. The van der Waals surface area contributed by atoms with Crippen LogP contribution in [0.25, 0.3) is 5.69 Å². The van der Waals surface area contributed by atoms with Gasteiger partial charge in [-0.05, 0) is 44.9 Å². The first-order valence-electron chi connectivity index (χ1n) is 7.97. The van der Waals surface area contributed by atoms with E-state index in [4.69, 9.17) is 0 Å². The minimum Gasteiger partial charge on any atom is -0.342 e. The van der Waals surface area contributed by atoms with Gasteiger partial charge in [-0.3, -0.25) is 4.79 Å². The molecule has 1 heterocycles. The van der Waals surface area contributed by atoms with Crippen molar-refractivity contribution in [1.82, 2.24) is 9.47 Å². The molecule has 2 aromatic rings. The largest absolute Gasteiger partial charge is 0.342 e. The molecule has 0 aliphatic rings. The first-order valence-corrected chi connectivity index (χ1v) is 7.97. The summed E-state index contributed by atoms with van der Waals surface area (Å²) in [6.07, 6.45) is 2.14. The maximum absolute atomic E-state index is 12.7. The van der Waals surface area contributed by atoms with Gasteiger partial charge < -0.3 is 9.47 Å². The van der Waals surface area contributed by atoms with E-state index >= 15 is 0 Å². The van der Waals surface area contributed by atoms with Gasteiger partial charge in [0.25, 0.3) is 5.91 Å². The van der Waals surface area contributed by atoms with Crippen molar-refractivity contribution in [2.75, 3.05) is 13.6 Å². The fourth-order valence-electron chi connectivity index (χ4n) is 2.87. The van der Waals surface area contributed by atoms with Gasteiger partial charge in [0.2, 0.25) is 0 Å². The fraction of sp³-hybridized carbons (Fsp3) is 0.421. The van der Waals surface area contributed by atoms with Crippen LogP contribution in [-0.2, 0) is 0 Å². The molecule has 0 radical (unpaired) electrons. The Labute approximate surface area is 133 Å². The second-order valence-electron chi connectivity index (χ2n) is 5.99. The molecule has 0 spiro atoms. The van der Waals surface area contributed by atoms with E-state index in [9.17, 15) is 4.79 Å². The summed E-state index contributed by atoms with van der Waals surface area (Å²) in [5.74, 6) is 0.112. The Kier molecular flexibility index (Phi) is 5.07. The Hall–Kier alpha value is -2.03. The highest BCUT2D eigenvalue weighted by Crippen LogP contribution is 2.24. The third-order valence-corrected chi connectivity index (χ3v) is 4.21. The van der Waals surface area contributed by atoms with Crippen molar-refractivity contribution in [2.24, 2.45) is 0 Å². The maximum Gasteiger partial charge on any atom is 0.255 e. The number of rotatable bonds is 5. The van der Waals surface area contributed by atoms with Crippen LogP contribution in [0.4, 0.5) is 0 Å². The molecule has 1 amide bonds. The summed E-state index contributed by atoms with van der Waals surface area (Å²) in [5, 5.41) is 0. The van der Waals surface area contributed by atoms with Gasteiger partial charge in [-0.15, -0.1) is 0 Å². The third kappa shape index (κ3) is 3.08. The van der Waals surface area contributed by atoms with Crippen LogP contribution in [0.5, 0.6) is 0 Å². The summed E-state index contributed by atoms with van der Waals surface area (Å²) < 4.78 is 2.18. The lowest BCUT2D eigenvalue weighted by Gasteiger charge is -2.17. The Morgan fingerprint density at radius 3 is 2.50 bits per heavy atom. The number of benzene rings is 1. The first kappa shape index (κ1) is 16.3. The molecular formula is C19H26N2O. The van der Waals surface area contributed by atoms with Crippen LogP contribution < -0.4 is 0 Å². The molecular weight excluding hydrogens is 272 g/mol. The van der Waals surface area contributed by atoms with Gasteiger partial charge in [0.1, 0.15) is 0 Å². The topological polar surface area (TPSA) is 25.2 Å². The lowest BCUT2D eigenvalue weighted by Crippen LogP contribution is -2.28.